The molecule has 3 aromatic rings. The average Bonchev–Trinajstić information content (AvgIpc) is 2.67. The molecule has 25 heavy (non-hydrogen) atoms. The highest BCUT2D eigenvalue weighted by Gasteiger charge is 2.11. The first kappa shape index (κ1) is 17.6. The largest absolute Gasteiger partial charge is 0.306 e. The molecule has 3 aromatic carbocycles. The van der Waals surface area contributed by atoms with Crippen molar-refractivity contribution in [2.24, 2.45) is 0 Å². The maximum Gasteiger partial charge on any atom is 0.0498 e. The van der Waals surface area contributed by atoms with Gasteiger partial charge in [0.15, 0.2) is 0 Å². The van der Waals surface area contributed by atoms with E-state index in [0.717, 1.165) is 17.9 Å². The lowest BCUT2D eigenvalue weighted by Crippen LogP contribution is -2.23. The Balaban J connectivity index is 1.72. The topological polar surface area (TPSA) is 29.1 Å². The lowest BCUT2D eigenvalue weighted by Gasteiger charge is -2.20. The molecular formula is C22H23NOS. The SMILES string of the molecule is C[S@](=O)c1ccc(CN[C@H](Cc2ccccc2)c2ccccc2)cc1. The summed E-state index contributed by atoms with van der Waals surface area (Å²) in [4.78, 5) is 0.868. The Morgan fingerprint density at radius 2 is 1.40 bits per heavy atom. The number of nitrogens with one attached hydrogen (secondary N) is 1. The summed E-state index contributed by atoms with van der Waals surface area (Å²) in [6.07, 6.45) is 2.65. The fourth-order valence-electron chi connectivity index (χ4n) is 2.88. The van der Waals surface area contributed by atoms with Gasteiger partial charge in [-0.3, -0.25) is 4.21 Å². The van der Waals surface area contributed by atoms with Gasteiger partial charge in [0, 0.05) is 34.5 Å². The predicted octanol–water partition coefficient (Wildman–Crippen LogP) is 4.50. The second kappa shape index (κ2) is 8.75. The zero-order valence-corrected chi connectivity index (χ0v) is 15.2. The van der Waals surface area contributed by atoms with Crippen LogP contribution in [0.5, 0.6) is 0 Å². The molecule has 0 fully saturated rings. The highest BCUT2D eigenvalue weighted by atomic mass is 32.2. The number of hydrogen-bond acceptors (Lipinski definition) is 2. The third kappa shape index (κ3) is 5.12. The molecule has 0 spiro atoms. The van der Waals surface area contributed by atoms with Crippen LogP contribution in [0.25, 0.3) is 0 Å². The Morgan fingerprint density at radius 1 is 0.800 bits per heavy atom. The van der Waals surface area contributed by atoms with Gasteiger partial charge in [-0.15, -0.1) is 0 Å². The molecule has 0 bridgehead atoms. The van der Waals surface area contributed by atoms with E-state index in [1.807, 2.05) is 36.4 Å². The van der Waals surface area contributed by atoms with Crippen LogP contribution in [0.15, 0.2) is 89.8 Å². The monoisotopic (exact) mass is 349 g/mol. The van der Waals surface area contributed by atoms with E-state index in [4.69, 9.17) is 0 Å². The molecule has 1 N–H and O–H groups in total. The van der Waals surface area contributed by atoms with Crippen LogP contribution in [-0.4, -0.2) is 10.5 Å². The Labute approximate surface area is 152 Å². The summed E-state index contributed by atoms with van der Waals surface area (Å²) < 4.78 is 11.5. The van der Waals surface area contributed by atoms with Crippen molar-refractivity contribution in [3.05, 3.63) is 102 Å². The van der Waals surface area contributed by atoms with Crippen LogP contribution in [0.2, 0.25) is 0 Å². The quantitative estimate of drug-likeness (QED) is 0.680. The Kier molecular flexibility index (Phi) is 6.15. The zero-order chi connectivity index (χ0) is 17.5. The van der Waals surface area contributed by atoms with Crippen molar-refractivity contribution >= 4 is 10.8 Å². The maximum atomic E-state index is 11.5. The van der Waals surface area contributed by atoms with Gasteiger partial charge >= 0.3 is 0 Å². The summed E-state index contributed by atoms with van der Waals surface area (Å²) in [7, 11) is -0.927. The minimum Gasteiger partial charge on any atom is -0.306 e. The molecule has 0 saturated heterocycles. The smallest absolute Gasteiger partial charge is 0.0498 e. The molecule has 0 saturated carbocycles. The third-order valence-electron chi connectivity index (χ3n) is 4.29. The van der Waals surface area contributed by atoms with Crippen LogP contribution in [0.1, 0.15) is 22.7 Å². The summed E-state index contributed by atoms with van der Waals surface area (Å²) >= 11 is 0. The van der Waals surface area contributed by atoms with Gasteiger partial charge in [0.05, 0.1) is 0 Å². The molecule has 0 aliphatic heterocycles. The molecule has 2 atom stereocenters. The molecule has 0 aliphatic carbocycles. The Morgan fingerprint density at radius 3 is 2.00 bits per heavy atom. The van der Waals surface area contributed by atoms with Gasteiger partial charge < -0.3 is 5.32 Å². The summed E-state index contributed by atoms with van der Waals surface area (Å²) in [6, 6.07) is 29.4. The van der Waals surface area contributed by atoms with E-state index < -0.39 is 10.8 Å². The average molecular weight is 349 g/mol. The minimum atomic E-state index is -0.927. The predicted molar refractivity (Wildman–Crippen MR) is 105 cm³/mol. The standard InChI is InChI=1S/C22H23NOS/c1-25(24)21-14-12-19(13-15-21)17-23-22(20-10-6-3-7-11-20)16-18-8-4-2-5-9-18/h2-15,22-23H,16-17H2,1H3/t22-,25+/m1/s1. The van der Waals surface area contributed by atoms with Crippen molar-refractivity contribution in [1.82, 2.24) is 5.32 Å². The molecule has 0 aliphatic rings. The van der Waals surface area contributed by atoms with Crippen LogP contribution in [0.4, 0.5) is 0 Å². The Bertz CT molecular complexity index is 800. The van der Waals surface area contributed by atoms with Gasteiger partial charge in [-0.1, -0.05) is 72.8 Å². The van der Waals surface area contributed by atoms with Crippen LogP contribution in [0, 0.1) is 0 Å². The van der Waals surface area contributed by atoms with Crippen LogP contribution < -0.4 is 5.32 Å². The third-order valence-corrected chi connectivity index (χ3v) is 5.23. The maximum absolute atomic E-state index is 11.5. The molecule has 0 heterocycles. The molecular weight excluding hydrogens is 326 g/mol. The van der Waals surface area contributed by atoms with Crippen molar-refractivity contribution in [3.8, 4) is 0 Å². The Hall–Kier alpha value is -2.23. The number of rotatable bonds is 7. The highest BCUT2D eigenvalue weighted by Crippen LogP contribution is 2.19. The minimum absolute atomic E-state index is 0.253. The zero-order valence-electron chi connectivity index (χ0n) is 14.4. The summed E-state index contributed by atoms with van der Waals surface area (Å²) in [5.74, 6) is 0. The number of hydrogen-bond donors (Lipinski definition) is 1. The highest BCUT2D eigenvalue weighted by molar-refractivity contribution is 7.84. The van der Waals surface area contributed by atoms with E-state index in [-0.39, 0.29) is 6.04 Å². The van der Waals surface area contributed by atoms with Gasteiger partial charge in [0.2, 0.25) is 0 Å². The summed E-state index contributed by atoms with van der Waals surface area (Å²) in [5, 5.41) is 3.67. The molecule has 0 radical (unpaired) electrons. The van der Waals surface area contributed by atoms with Crippen molar-refractivity contribution in [2.75, 3.05) is 6.26 Å². The van der Waals surface area contributed by atoms with Gasteiger partial charge in [-0.2, -0.15) is 0 Å². The first-order chi connectivity index (χ1) is 12.2. The first-order valence-corrected chi connectivity index (χ1v) is 10.0. The molecule has 0 amide bonds. The van der Waals surface area contributed by atoms with E-state index in [9.17, 15) is 4.21 Å². The lowest BCUT2D eigenvalue weighted by molar-refractivity contribution is 0.530. The van der Waals surface area contributed by atoms with Gasteiger partial charge in [-0.05, 0) is 35.2 Å². The normalized spacial score (nSPS) is 13.3. The summed E-state index contributed by atoms with van der Waals surface area (Å²) in [5.41, 5.74) is 3.81. The second-order valence-electron chi connectivity index (χ2n) is 6.13. The molecule has 2 nitrogen and oxygen atoms in total. The first-order valence-electron chi connectivity index (χ1n) is 8.47. The molecule has 3 heteroatoms. The summed E-state index contributed by atoms with van der Waals surface area (Å²) in [6.45, 7) is 0.781. The lowest BCUT2D eigenvalue weighted by atomic mass is 9.98. The van der Waals surface area contributed by atoms with Crippen molar-refractivity contribution in [1.29, 1.82) is 0 Å². The molecule has 128 valence electrons. The van der Waals surface area contributed by atoms with Crippen molar-refractivity contribution in [2.45, 2.75) is 23.9 Å². The fourth-order valence-corrected chi connectivity index (χ4v) is 3.40. The second-order valence-corrected chi connectivity index (χ2v) is 7.51. The van der Waals surface area contributed by atoms with E-state index in [2.05, 4.69) is 53.8 Å². The van der Waals surface area contributed by atoms with E-state index in [0.29, 0.717) is 0 Å². The molecule has 0 aromatic heterocycles. The van der Waals surface area contributed by atoms with E-state index in [1.54, 1.807) is 6.26 Å². The van der Waals surface area contributed by atoms with E-state index >= 15 is 0 Å². The van der Waals surface area contributed by atoms with Crippen LogP contribution >= 0.6 is 0 Å². The van der Waals surface area contributed by atoms with Gasteiger partial charge in [-0.25, -0.2) is 0 Å². The van der Waals surface area contributed by atoms with Crippen LogP contribution in [-0.2, 0) is 23.8 Å². The molecule has 3 rings (SSSR count). The van der Waals surface area contributed by atoms with Gasteiger partial charge in [0.1, 0.15) is 0 Å². The van der Waals surface area contributed by atoms with Crippen LogP contribution in [0.3, 0.4) is 0 Å². The number of benzene rings is 3. The fraction of sp³-hybridized carbons (Fsp3) is 0.182. The van der Waals surface area contributed by atoms with E-state index in [1.165, 1.54) is 16.7 Å². The van der Waals surface area contributed by atoms with Gasteiger partial charge in [0.25, 0.3) is 0 Å². The van der Waals surface area contributed by atoms with Crippen molar-refractivity contribution in [3.63, 3.8) is 0 Å². The van der Waals surface area contributed by atoms with Crippen molar-refractivity contribution < 1.29 is 4.21 Å². The molecule has 0 unspecified atom stereocenters.